The van der Waals surface area contributed by atoms with E-state index >= 15 is 0 Å². The van der Waals surface area contributed by atoms with Crippen LogP contribution in [0.4, 0.5) is 0 Å². The molecule has 0 radical (unpaired) electrons. The van der Waals surface area contributed by atoms with Crippen molar-refractivity contribution in [1.29, 1.82) is 0 Å². The molecule has 274 valence electrons. The van der Waals surface area contributed by atoms with Gasteiger partial charge in [0.15, 0.2) is 29.0 Å². The summed E-state index contributed by atoms with van der Waals surface area (Å²) in [6.07, 6.45) is 3.88. The number of ether oxygens (including phenoxy) is 3. The zero-order valence-electron chi connectivity index (χ0n) is 30.2. The summed E-state index contributed by atoms with van der Waals surface area (Å²) in [5, 5.41) is 55.3. The molecule has 11 nitrogen and oxygen atoms in total. The Morgan fingerprint density at radius 1 is 1.10 bits per heavy atom. The fraction of sp³-hybridized carbons (Fsp3) is 0.692. The number of phenols is 1. The first-order valence-corrected chi connectivity index (χ1v) is 17.9. The maximum atomic E-state index is 13.6. The first kappa shape index (κ1) is 35.6. The number of aliphatic hydroxyl groups excluding tert-OH is 3. The van der Waals surface area contributed by atoms with Crippen LogP contribution in [0.25, 0.3) is 0 Å². The van der Waals surface area contributed by atoms with Crippen LogP contribution >= 0.6 is 0 Å². The van der Waals surface area contributed by atoms with E-state index in [4.69, 9.17) is 14.2 Å². The maximum Gasteiger partial charge on any atom is 0.303 e. The second kappa shape index (κ2) is 11.1. The summed E-state index contributed by atoms with van der Waals surface area (Å²) in [5.41, 5.74) is -4.71. The lowest BCUT2D eigenvalue weighted by molar-refractivity contribution is -0.370. The molecule has 5 N–H and O–H groups in total. The van der Waals surface area contributed by atoms with Gasteiger partial charge in [0.05, 0.1) is 17.8 Å². The van der Waals surface area contributed by atoms with Crippen molar-refractivity contribution in [3.8, 4) is 11.5 Å². The van der Waals surface area contributed by atoms with Crippen LogP contribution in [0.3, 0.4) is 0 Å². The second-order valence-electron chi connectivity index (χ2n) is 17.3. The number of aliphatic hydroxyl groups is 4. The van der Waals surface area contributed by atoms with Gasteiger partial charge in [-0.2, -0.15) is 0 Å². The predicted molar refractivity (Wildman–Crippen MR) is 182 cm³/mol. The molecule has 2 saturated heterocycles. The van der Waals surface area contributed by atoms with Crippen LogP contribution in [0.2, 0.25) is 0 Å². The second-order valence-corrected chi connectivity index (χ2v) is 17.3. The third-order valence-corrected chi connectivity index (χ3v) is 14.2. The number of carbonyl (C=O) groups is 2. The molecule has 3 aliphatic heterocycles. The highest BCUT2D eigenvalue weighted by atomic mass is 16.6. The molecule has 11 heteroatoms. The Morgan fingerprint density at radius 2 is 1.80 bits per heavy atom. The van der Waals surface area contributed by atoms with Crippen LogP contribution in [0.5, 0.6) is 11.5 Å². The minimum absolute atomic E-state index is 0.138. The monoisotopic (exact) mass is 695 g/mol. The van der Waals surface area contributed by atoms with Gasteiger partial charge in [-0.3, -0.25) is 9.59 Å². The molecular formula is C39H53NO10. The number of carbonyl (C=O) groups excluding carboxylic acids is 2. The van der Waals surface area contributed by atoms with Gasteiger partial charge in [-0.25, -0.2) is 0 Å². The molecule has 7 aliphatic rings. The molecule has 4 aliphatic carbocycles. The smallest absolute Gasteiger partial charge is 0.303 e. The first-order chi connectivity index (χ1) is 23.2. The zero-order valence-corrected chi connectivity index (χ0v) is 30.2. The lowest BCUT2D eigenvalue weighted by atomic mass is 9.40. The third-order valence-electron chi connectivity index (χ3n) is 14.2. The van der Waals surface area contributed by atoms with E-state index in [1.807, 2.05) is 26.0 Å². The zero-order chi connectivity index (χ0) is 36.6. The number of phenolic OH excluding ortho intramolecular Hbond substituents is 1. The van der Waals surface area contributed by atoms with Crippen LogP contribution in [-0.2, 0) is 30.9 Å². The molecule has 3 heterocycles. The van der Waals surface area contributed by atoms with Crippen LogP contribution in [0.1, 0.15) is 78.4 Å². The molecule has 4 fully saturated rings. The Balaban J connectivity index is 0.000000164. The van der Waals surface area contributed by atoms with Crippen LogP contribution in [0, 0.1) is 22.7 Å². The van der Waals surface area contributed by atoms with E-state index in [2.05, 4.69) is 24.6 Å². The van der Waals surface area contributed by atoms with Crippen molar-refractivity contribution in [2.75, 3.05) is 13.6 Å². The molecule has 8 rings (SSSR count). The molecule has 0 aromatic heterocycles. The van der Waals surface area contributed by atoms with Gasteiger partial charge in [-0.15, -0.1) is 6.58 Å². The number of piperidine rings is 1. The molecule has 1 aromatic carbocycles. The number of ketones is 1. The topological polar surface area (TPSA) is 166 Å². The summed E-state index contributed by atoms with van der Waals surface area (Å²) < 4.78 is 17.9. The number of Topliss-reactive ketones (excluding diaryl/α,β-unsaturated/α-hetero) is 1. The normalized spacial score (nSPS) is 47.8. The summed E-state index contributed by atoms with van der Waals surface area (Å²) >= 11 is 0. The van der Waals surface area contributed by atoms with E-state index in [1.54, 1.807) is 19.9 Å². The summed E-state index contributed by atoms with van der Waals surface area (Å²) in [6, 6.07) is 4.23. The van der Waals surface area contributed by atoms with E-state index in [1.165, 1.54) is 31.1 Å². The fourth-order valence-corrected chi connectivity index (χ4v) is 11.9. The third kappa shape index (κ3) is 4.31. The van der Waals surface area contributed by atoms with Crippen LogP contribution in [-0.4, -0.2) is 109 Å². The predicted octanol–water partition coefficient (Wildman–Crippen LogP) is 2.72. The van der Waals surface area contributed by atoms with Gasteiger partial charge in [0, 0.05) is 47.6 Å². The van der Waals surface area contributed by atoms with Crippen molar-refractivity contribution in [2.24, 2.45) is 22.7 Å². The van der Waals surface area contributed by atoms with Gasteiger partial charge in [0.2, 0.25) is 0 Å². The van der Waals surface area contributed by atoms with Crippen molar-refractivity contribution in [3.05, 3.63) is 48.1 Å². The summed E-state index contributed by atoms with van der Waals surface area (Å²) in [4.78, 5) is 27.9. The summed E-state index contributed by atoms with van der Waals surface area (Å²) in [5.74, 6) is -0.685. The van der Waals surface area contributed by atoms with Crippen LogP contribution < -0.4 is 4.74 Å². The molecular weight excluding hydrogens is 642 g/mol. The largest absolute Gasteiger partial charge is 0.504 e. The van der Waals surface area contributed by atoms with E-state index in [0.717, 1.165) is 19.4 Å². The highest BCUT2D eigenvalue weighted by Gasteiger charge is 2.81. The van der Waals surface area contributed by atoms with E-state index in [0.29, 0.717) is 30.6 Å². The van der Waals surface area contributed by atoms with E-state index < -0.39 is 69.7 Å². The van der Waals surface area contributed by atoms with Gasteiger partial charge in [0.1, 0.15) is 17.8 Å². The number of benzene rings is 1. The Kier molecular flexibility index (Phi) is 7.90. The standard InChI is InChI=1S/C22H34O7.C17H19NO3/c1-8-19(5)11-14(25)22(27)20(6)13(24)9-10-18(3,4)16(20)15(26)17(28-12(2)23)21(22,7)29-19;1-18-7-6-17-10-3-5-13(20)16(17)21-15-12(19)4-2-9(14(15)17)8-11(10)18/h8,13,15-17,24,26-27H,1,9-11H2,2-7H3;2-5,10-11,13,16,19-20H,6-8H2,1H3/t13-,15-,16-,17-,19-,20-,21+,22-;10-,11+,13-,16-,17-/m00/s1. The van der Waals surface area contributed by atoms with Gasteiger partial charge >= 0.3 is 5.97 Å². The molecule has 1 spiro atoms. The maximum absolute atomic E-state index is 13.6. The Bertz CT molecular complexity index is 1660. The van der Waals surface area contributed by atoms with Crippen molar-refractivity contribution >= 4 is 11.8 Å². The summed E-state index contributed by atoms with van der Waals surface area (Å²) in [6.45, 7) is 14.6. The van der Waals surface area contributed by atoms with Crippen molar-refractivity contribution in [1.82, 2.24) is 4.90 Å². The molecule has 2 saturated carbocycles. The van der Waals surface area contributed by atoms with Crippen molar-refractivity contribution in [3.63, 3.8) is 0 Å². The minimum atomic E-state index is -2.18. The van der Waals surface area contributed by atoms with E-state index in [-0.39, 0.29) is 23.7 Å². The highest BCUT2D eigenvalue weighted by molar-refractivity contribution is 5.92. The number of nitrogens with zero attached hydrogens (tertiary/aromatic N) is 1. The Labute approximate surface area is 293 Å². The molecule has 50 heavy (non-hydrogen) atoms. The number of esters is 1. The van der Waals surface area contributed by atoms with Gasteiger partial charge in [0.25, 0.3) is 0 Å². The average molecular weight is 696 g/mol. The highest BCUT2D eigenvalue weighted by Crippen LogP contribution is 2.67. The van der Waals surface area contributed by atoms with Crippen LogP contribution in [0.15, 0.2) is 36.9 Å². The lowest BCUT2D eigenvalue weighted by Crippen LogP contribution is -2.86. The number of hydrogen-bond acceptors (Lipinski definition) is 11. The average Bonchev–Trinajstić information content (AvgIpc) is 3.40. The first-order valence-electron chi connectivity index (χ1n) is 17.9. The Hall–Kier alpha value is -2.80. The van der Waals surface area contributed by atoms with Crippen molar-refractivity contribution in [2.45, 2.75) is 132 Å². The summed E-state index contributed by atoms with van der Waals surface area (Å²) in [7, 11) is 2.19. The SMILES string of the molecule is C=C[C@@]1(C)CC(=O)[C@]2(O)[C@@]3(C)[C@@H](O)CCC(C)(C)[C@@H]3[C@H](O)[C@H](OC(C)=O)[C@@]2(C)O1.CN1CC[C@]23c4c5ccc(O)c4O[C@H]2[C@@H](O)C=C[C@H]3[C@H]1C5. The van der Waals surface area contributed by atoms with Crippen molar-refractivity contribution < 1.29 is 49.3 Å². The number of likely N-dealkylation sites (N-methyl/N-ethyl adjacent to an activating group) is 1. The number of fused-ring (bicyclic) bond motifs is 3. The number of hydrogen-bond donors (Lipinski definition) is 5. The van der Waals surface area contributed by atoms with Gasteiger partial charge in [-0.05, 0) is 70.2 Å². The Morgan fingerprint density at radius 3 is 2.46 bits per heavy atom. The lowest BCUT2D eigenvalue weighted by Gasteiger charge is -2.71. The molecule has 2 bridgehead atoms. The van der Waals surface area contributed by atoms with Gasteiger partial charge < -0.3 is 44.6 Å². The molecule has 0 unspecified atom stereocenters. The minimum Gasteiger partial charge on any atom is -0.504 e. The number of rotatable bonds is 2. The van der Waals surface area contributed by atoms with E-state index in [9.17, 15) is 35.1 Å². The fourth-order valence-electron chi connectivity index (χ4n) is 11.9. The molecule has 1 aromatic rings. The quantitative estimate of drug-likeness (QED) is 0.228. The molecule has 13 atom stereocenters. The number of likely N-dealkylation sites (tertiary alicyclic amines) is 1. The molecule has 0 amide bonds. The number of aromatic hydroxyl groups is 1. The van der Waals surface area contributed by atoms with Gasteiger partial charge in [-0.1, -0.05) is 45.1 Å².